The maximum Gasteiger partial charge on any atom is 0.341 e. The summed E-state index contributed by atoms with van der Waals surface area (Å²) in [5.41, 5.74) is 2.18. The third kappa shape index (κ3) is 6.35. The SMILES string of the molecule is CCOC(=O)[C@]1(c2ccccc2)N=C(c2ccc(OC)cc2)N(Cc2ccccc2)[C@@H]1c1ccc(NS(=O)(=O)c2ccccc2)cc1. The molecule has 0 saturated carbocycles. The number of esters is 1. The molecule has 0 bridgehead atoms. The van der Waals surface area contributed by atoms with Gasteiger partial charge in [0, 0.05) is 17.8 Å². The number of benzene rings is 5. The third-order valence-corrected chi connectivity index (χ3v) is 9.54. The maximum atomic E-state index is 14.4. The number of nitrogens with one attached hydrogen (secondary N) is 1. The Labute approximate surface area is 275 Å². The predicted octanol–water partition coefficient (Wildman–Crippen LogP) is 6.96. The largest absolute Gasteiger partial charge is 0.497 e. The van der Waals surface area contributed by atoms with Crippen LogP contribution < -0.4 is 9.46 Å². The second-order valence-corrected chi connectivity index (χ2v) is 12.8. The van der Waals surface area contributed by atoms with E-state index in [1.54, 1.807) is 56.5 Å². The van der Waals surface area contributed by atoms with E-state index >= 15 is 0 Å². The molecule has 0 spiro atoms. The number of carbonyl (C=O) groups excluding carboxylic acids is 1. The van der Waals surface area contributed by atoms with Crippen LogP contribution in [0.3, 0.4) is 0 Å². The highest BCUT2D eigenvalue weighted by Crippen LogP contribution is 2.50. The van der Waals surface area contributed by atoms with E-state index in [9.17, 15) is 13.2 Å². The van der Waals surface area contributed by atoms with Gasteiger partial charge in [-0.05, 0) is 72.1 Å². The van der Waals surface area contributed by atoms with Gasteiger partial charge in [-0.1, -0.05) is 91.0 Å². The van der Waals surface area contributed by atoms with Crippen LogP contribution in [0.1, 0.15) is 35.2 Å². The zero-order valence-corrected chi connectivity index (χ0v) is 26.9. The molecule has 0 aromatic heterocycles. The van der Waals surface area contributed by atoms with Crippen LogP contribution in [0.4, 0.5) is 5.69 Å². The van der Waals surface area contributed by atoms with Crippen molar-refractivity contribution >= 4 is 27.5 Å². The van der Waals surface area contributed by atoms with Crippen molar-refractivity contribution in [1.82, 2.24) is 4.90 Å². The van der Waals surface area contributed by atoms with Crippen LogP contribution in [0.5, 0.6) is 5.75 Å². The molecule has 0 fully saturated rings. The average molecular weight is 646 g/mol. The van der Waals surface area contributed by atoms with Gasteiger partial charge in [0.15, 0.2) is 0 Å². The standard InChI is InChI=1S/C38H35N3O5S/c1-3-46-37(42)38(31-15-9-5-10-16-31)35(29-19-23-32(24-20-29)40-47(43,44)34-17-11-6-12-18-34)41(27-28-13-7-4-8-14-28)36(39-38)30-21-25-33(45-2)26-22-30/h4-26,35,40H,3,27H2,1-2H3/t35-,38-/m1/s1. The summed E-state index contributed by atoms with van der Waals surface area (Å²) in [6.07, 6.45) is 0. The molecule has 238 valence electrons. The first-order chi connectivity index (χ1) is 22.9. The quantitative estimate of drug-likeness (QED) is 0.156. The number of ether oxygens (including phenoxy) is 2. The minimum atomic E-state index is -3.80. The first-order valence-electron chi connectivity index (χ1n) is 15.3. The van der Waals surface area contributed by atoms with Gasteiger partial charge in [0.05, 0.1) is 24.7 Å². The number of rotatable bonds is 11. The van der Waals surface area contributed by atoms with Crippen molar-refractivity contribution < 1.29 is 22.7 Å². The van der Waals surface area contributed by atoms with Gasteiger partial charge in [0.25, 0.3) is 10.0 Å². The van der Waals surface area contributed by atoms with Crippen LogP contribution in [0.2, 0.25) is 0 Å². The Morgan fingerprint density at radius 1 is 0.809 bits per heavy atom. The van der Waals surface area contributed by atoms with Gasteiger partial charge >= 0.3 is 5.97 Å². The predicted molar refractivity (Wildman–Crippen MR) is 183 cm³/mol. The minimum Gasteiger partial charge on any atom is -0.497 e. The summed E-state index contributed by atoms with van der Waals surface area (Å²) in [6, 6.07) is 41.7. The Kier molecular flexibility index (Phi) is 9.08. The van der Waals surface area contributed by atoms with E-state index in [-0.39, 0.29) is 11.5 Å². The first kappa shape index (κ1) is 31.6. The highest BCUT2D eigenvalue weighted by Gasteiger charge is 2.57. The molecule has 8 nitrogen and oxygen atoms in total. The second kappa shape index (κ2) is 13.5. The lowest BCUT2D eigenvalue weighted by molar-refractivity contribution is -0.151. The van der Waals surface area contributed by atoms with Crippen molar-refractivity contribution in [2.45, 2.75) is 29.9 Å². The number of methoxy groups -OCH3 is 1. The summed E-state index contributed by atoms with van der Waals surface area (Å²) in [5.74, 6) is 0.839. The van der Waals surface area contributed by atoms with Crippen molar-refractivity contribution in [1.29, 1.82) is 0 Å². The van der Waals surface area contributed by atoms with Gasteiger partial charge in [-0.15, -0.1) is 0 Å². The number of anilines is 1. The van der Waals surface area contributed by atoms with Crippen LogP contribution >= 0.6 is 0 Å². The van der Waals surface area contributed by atoms with Crippen LogP contribution in [0.25, 0.3) is 0 Å². The fraction of sp³-hybridized carbons (Fsp3) is 0.158. The molecular weight excluding hydrogens is 611 g/mol. The van der Waals surface area contributed by atoms with Crippen molar-refractivity contribution in [2.75, 3.05) is 18.4 Å². The van der Waals surface area contributed by atoms with Gasteiger partial charge in [0.1, 0.15) is 11.6 Å². The Morgan fingerprint density at radius 2 is 1.40 bits per heavy atom. The molecule has 6 rings (SSSR count). The molecule has 0 amide bonds. The average Bonchev–Trinajstić information content (AvgIpc) is 3.45. The molecule has 47 heavy (non-hydrogen) atoms. The van der Waals surface area contributed by atoms with E-state index in [1.807, 2.05) is 97.1 Å². The van der Waals surface area contributed by atoms with E-state index in [2.05, 4.69) is 9.62 Å². The zero-order valence-electron chi connectivity index (χ0n) is 26.1. The zero-order chi connectivity index (χ0) is 32.9. The van der Waals surface area contributed by atoms with Gasteiger partial charge in [-0.25, -0.2) is 18.2 Å². The monoisotopic (exact) mass is 645 g/mol. The number of aliphatic imine (C=N–C) groups is 1. The van der Waals surface area contributed by atoms with Crippen molar-refractivity contribution in [3.63, 3.8) is 0 Å². The Hall–Kier alpha value is -5.41. The van der Waals surface area contributed by atoms with Crippen molar-refractivity contribution in [2.24, 2.45) is 4.99 Å². The first-order valence-corrected chi connectivity index (χ1v) is 16.8. The second-order valence-electron chi connectivity index (χ2n) is 11.1. The van der Waals surface area contributed by atoms with Gasteiger partial charge in [-0.2, -0.15) is 0 Å². The summed E-state index contributed by atoms with van der Waals surface area (Å²) in [4.78, 5) is 22.0. The van der Waals surface area contributed by atoms with Gasteiger partial charge in [-0.3, -0.25) is 4.72 Å². The lowest BCUT2D eigenvalue weighted by atomic mass is 9.79. The van der Waals surface area contributed by atoms with Crippen LogP contribution in [-0.2, 0) is 31.6 Å². The van der Waals surface area contributed by atoms with Crippen LogP contribution in [0, 0.1) is 0 Å². The molecule has 0 unspecified atom stereocenters. The number of nitrogens with zero attached hydrogens (tertiary/aromatic N) is 2. The highest BCUT2D eigenvalue weighted by atomic mass is 32.2. The van der Waals surface area contributed by atoms with Crippen molar-refractivity contribution in [3.8, 4) is 5.75 Å². The number of carbonyl (C=O) groups is 1. The molecule has 1 heterocycles. The summed E-state index contributed by atoms with van der Waals surface area (Å²) in [5, 5.41) is 0. The molecule has 0 saturated heterocycles. The van der Waals surface area contributed by atoms with Crippen molar-refractivity contribution in [3.05, 3.63) is 162 Å². The Balaban J connectivity index is 1.52. The lowest BCUT2D eigenvalue weighted by Crippen LogP contribution is -2.44. The molecule has 1 aliphatic heterocycles. The molecule has 1 N–H and O–H groups in total. The summed E-state index contributed by atoms with van der Waals surface area (Å²) in [6.45, 7) is 2.39. The fourth-order valence-electron chi connectivity index (χ4n) is 5.96. The molecule has 2 atom stereocenters. The van der Waals surface area contributed by atoms with E-state index in [0.29, 0.717) is 29.4 Å². The smallest absolute Gasteiger partial charge is 0.341 e. The van der Waals surface area contributed by atoms with E-state index in [0.717, 1.165) is 16.7 Å². The van der Waals surface area contributed by atoms with E-state index in [4.69, 9.17) is 14.5 Å². The number of amidine groups is 1. The molecule has 1 aliphatic rings. The lowest BCUT2D eigenvalue weighted by Gasteiger charge is -2.37. The minimum absolute atomic E-state index is 0.164. The normalized spacial score (nSPS) is 17.5. The number of hydrogen-bond acceptors (Lipinski definition) is 7. The third-order valence-electron chi connectivity index (χ3n) is 8.14. The molecular formula is C38H35N3O5S. The van der Waals surface area contributed by atoms with Gasteiger partial charge < -0.3 is 14.4 Å². The highest BCUT2D eigenvalue weighted by molar-refractivity contribution is 7.92. The van der Waals surface area contributed by atoms with Crippen LogP contribution in [-0.4, -0.2) is 38.8 Å². The number of sulfonamides is 1. The maximum absolute atomic E-state index is 14.4. The molecule has 5 aromatic carbocycles. The van der Waals surface area contributed by atoms with Crippen LogP contribution in [0.15, 0.2) is 149 Å². The fourth-order valence-corrected chi connectivity index (χ4v) is 7.04. The molecule has 0 aliphatic carbocycles. The molecule has 5 aromatic rings. The summed E-state index contributed by atoms with van der Waals surface area (Å²) < 4.78 is 40.1. The summed E-state index contributed by atoms with van der Waals surface area (Å²) in [7, 11) is -2.19. The Morgan fingerprint density at radius 3 is 2.00 bits per heavy atom. The molecule has 9 heteroatoms. The van der Waals surface area contributed by atoms with Gasteiger partial charge in [0.2, 0.25) is 5.54 Å². The number of hydrogen-bond donors (Lipinski definition) is 1. The summed E-state index contributed by atoms with van der Waals surface area (Å²) >= 11 is 0. The van der Waals surface area contributed by atoms with E-state index < -0.39 is 27.6 Å². The Bertz CT molecular complexity index is 1950. The molecule has 0 radical (unpaired) electrons. The van der Waals surface area contributed by atoms with E-state index in [1.165, 1.54) is 0 Å². The topological polar surface area (TPSA) is 97.3 Å².